The van der Waals surface area contributed by atoms with Gasteiger partial charge in [0.1, 0.15) is 5.82 Å². The van der Waals surface area contributed by atoms with Gasteiger partial charge in [0, 0.05) is 11.5 Å². The van der Waals surface area contributed by atoms with Crippen molar-refractivity contribution in [1.29, 1.82) is 0 Å². The summed E-state index contributed by atoms with van der Waals surface area (Å²) in [4.78, 5) is 12.3. The highest BCUT2D eigenvalue weighted by Crippen LogP contribution is 2.43. The van der Waals surface area contributed by atoms with Crippen LogP contribution in [-0.4, -0.2) is 12.5 Å². The number of rotatable bonds is 2. The Morgan fingerprint density at radius 1 is 1.52 bits per heavy atom. The van der Waals surface area contributed by atoms with Crippen molar-refractivity contribution < 1.29 is 9.18 Å². The zero-order chi connectivity index (χ0) is 15.5. The average molecular weight is 288 g/mol. The van der Waals surface area contributed by atoms with Crippen LogP contribution >= 0.6 is 0 Å². The number of carbonyl (C=O) groups excluding carboxylic acids is 1. The van der Waals surface area contributed by atoms with Crippen LogP contribution in [0.3, 0.4) is 0 Å². The summed E-state index contributed by atoms with van der Waals surface area (Å²) in [5, 5.41) is 2.70. The minimum Gasteiger partial charge on any atom is -0.323 e. The fourth-order valence-electron chi connectivity index (χ4n) is 2.88. The molecule has 3 nitrogen and oxygen atoms in total. The Morgan fingerprint density at radius 3 is 2.86 bits per heavy atom. The molecule has 112 valence electrons. The lowest BCUT2D eigenvalue weighted by Gasteiger charge is -2.25. The number of anilines is 1. The molecular weight excluding hydrogens is 267 g/mol. The van der Waals surface area contributed by atoms with Crippen molar-refractivity contribution in [3.05, 3.63) is 29.6 Å². The summed E-state index contributed by atoms with van der Waals surface area (Å²) in [5.41, 5.74) is 6.02. The van der Waals surface area contributed by atoms with E-state index in [-0.39, 0.29) is 29.5 Å². The van der Waals surface area contributed by atoms with Crippen molar-refractivity contribution in [1.82, 2.24) is 0 Å². The van der Waals surface area contributed by atoms with Crippen LogP contribution in [0.15, 0.2) is 18.2 Å². The molecular formula is C17H21FN2O. The first-order valence-corrected chi connectivity index (χ1v) is 7.23. The van der Waals surface area contributed by atoms with Crippen molar-refractivity contribution in [2.45, 2.75) is 33.1 Å². The largest absolute Gasteiger partial charge is 0.323 e. The van der Waals surface area contributed by atoms with Gasteiger partial charge in [-0.25, -0.2) is 4.39 Å². The van der Waals surface area contributed by atoms with Crippen LogP contribution in [0.1, 0.15) is 38.7 Å². The zero-order valence-electron chi connectivity index (χ0n) is 12.5. The second-order valence-corrected chi connectivity index (χ2v) is 6.12. The molecule has 1 atom stereocenters. The van der Waals surface area contributed by atoms with Crippen molar-refractivity contribution in [3.63, 3.8) is 0 Å². The molecule has 1 unspecified atom stereocenters. The van der Waals surface area contributed by atoms with E-state index in [9.17, 15) is 9.18 Å². The molecule has 0 aliphatic heterocycles. The van der Waals surface area contributed by atoms with Crippen LogP contribution in [-0.2, 0) is 4.79 Å². The first-order valence-electron chi connectivity index (χ1n) is 7.23. The number of nitrogens with one attached hydrogen (secondary N) is 1. The zero-order valence-corrected chi connectivity index (χ0v) is 12.5. The Labute approximate surface area is 125 Å². The highest BCUT2D eigenvalue weighted by molar-refractivity contribution is 5.93. The quantitative estimate of drug-likeness (QED) is 0.822. The van der Waals surface area contributed by atoms with Crippen molar-refractivity contribution in [3.8, 4) is 11.8 Å². The topological polar surface area (TPSA) is 55.1 Å². The van der Waals surface area contributed by atoms with Crippen LogP contribution in [0.25, 0.3) is 0 Å². The monoisotopic (exact) mass is 288 g/mol. The number of benzene rings is 1. The normalized spacial score (nSPS) is 19.7. The highest BCUT2D eigenvalue weighted by Gasteiger charge is 2.39. The third-order valence-electron chi connectivity index (χ3n) is 4.14. The SMILES string of the molecule is CC1(C)CCCC1C(=O)Nc1ccc(C#CCN)cc1F. The molecule has 0 aromatic heterocycles. The average Bonchev–Trinajstić information content (AvgIpc) is 2.78. The first kappa shape index (κ1) is 15.5. The molecule has 1 aromatic carbocycles. The standard InChI is InChI=1S/C17H21FN2O/c1-17(2)9-3-6-13(17)16(21)20-15-8-7-12(5-4-10-19)11-14(15)18/h7-8,11,13H,3,6,9-10,19H2,1-2H3,(H,20,21). The molecule has 1 amide bonds. The summed E-state index contributed by atoms with van der Waals surface area (Å²) >= 11 is 0. The van der Waals surface area contributed by atoms with E-state index < -0.39 is 5.82 Å². The Balaban J connectivity index is 2.11. The molecule has 0 saturated heterocycles. The lowest BCUT2D eigenvalue weighted by atomic mass is 9.81. The molecule has 1 aromatic rings. The Kier molecular flexibility index (Phi) is 4.64. The maximum absolute atomic E-state index is 14.0. The molecule has 2 rings (SSSR count). The molecule has 1 saturated carbocycles. The van der Waals surface area contributed by atoms with E-state index in [1.54, 1.807) is 12.1 Å². The van der Waals surface area contributed by atoms with Crippen LogP contribution < -0.4 is 11.1 Å². The van der Waals surface area contributed by atoms with Gasteiger partial charge < -0.3 is 11.1 Å². The Morgan fingerprint density at radius 2 is 2.29 bits per heavy atom. The third kappa shape index (κ3) is 3.62. The van der Waals surface area contributed by atoms with Gasteiger partial charge in [0.05, 0.1) is 12.2 Å². The highest BCUT2D eigenvalue weighted by atomic mass is 19.1. The first-order chi connectivity index (χ1) is 9.94. The van der Waals surface area contributed by atoms with Gasteiger partial charge in [-0.2, -0.15) is 0 Å². The van der Waals surface area contributed by atoms with E-state index in [1.165, 1.54) is 6.07 Å². The number of hydrogen-bond donors (Lipinski definition) is 2. The van der Waals surface area contributed by atoms with E-state index in [1.807, 2.05) is 0 Å². The van der Waals surface area contributed by atoms with E-state index in [0.717, 1.165) is 19.3 Å². The number of nitrogens with two attached hydrogens (primary N) is 1. The molecule has 1 aliphatic rings. The number of amides is 1. The predicted molar refractivity (Wildman–Crippen MR) is 82.1 cm³/mol. The fourth-order valence-corrected chi connectivity index (χ4v) is 2.88. The van der Waals surface area contributed by atoms with Gasteiger partial charge in [-0.15, -0.1) is 0 Å². The van der Waals surface area contributed by atoms with Gasteiger partial charge in [0.2, 0.25) is 5.91 Å². The number of halogens is 1. The van der Waals surface area contributed by atoms with Crippen LogP contribution in [0, 0.1) is 29.0 Å². The maximum atomic E-state index is 14.0. The molecule has 3 N–H and O–H groups in total. The van der Waals surface area contributed by atoms with Gasteiger partial charge in [-0.3, -0.25) is 4.79 Å². The maximum Gasteiger partial charge on any atom is 0.228 e. The van der Waals surface area contributed by atoms with Crippen molar-refractivity contribution >= 4 is 11.6 Å². The van der Waals surface area contributed by atoms with E-state index >= 15 is 0 Å². The number of carbonyl (C=O) groups is 1. The Bertz CT molecular complexity index is 599. The molecule has 21 heavy (non-hydrogen) atoms. The van der Waals surface area contributed by atoms with E-state index in [4.69, 9.17) is 5.73 Å². The smallest absolute Gasteiger partial charge is 0.228 e. The molecule has 0 heterocycles. The summed E-state index contributed by atoms with van der Waals surface area (Å²) in [6, 6.07) is 4.55. The molecule has 0 bridgehead atoms. The minimum absolute atomic E-state index is 0.0207. The number of hydrogen-bond acceptors (Lipinski definition) is 2. The summed E-state index contributed by atoms with van der Waals surface area (Å²) in [6.07, 6.45) is 2.93. The lowest BCUT2D eigenvalue weighted by Crippen LogP contribution is -2.31. The van der Waals surface area contributed by atoms with Crippen molar-refractivity contribution in [2.75, 3.05) is 11.9 Å². The van der Waals surface area contributed by atoms with E-state index in [2.05, 4.69) is 31.0 Å². The van der Waals surface area contributed by atoms with Crippen LogP contribution in [0.2, 0.25) is 0 Å². The van der Waals surface area contributed by atoms with Crippen molar-refractivity contribution in [2.24, 2.45) is 17.1 Å². The summed E-state index contributed by atoms with van der Waals surface area (Å²) in [6.45, 7) is 4.41. The third-order valence-corrected chi connectivity index (χ3v) is 4.14. The molecule has 1 fully saturated rings. The molecule has 4 heteroatoms. The summed E-state index contributed by atoms with van der Waals surface area (Å²) < 4.78 is 14.0. The lowest BCUT2D eigenvalue weighted by molar-refractivity contribution is -0.122. The van der Waals surface area contributed by atoms with Gasteiger partial charge >= 0.3 is 0 Å². The predicted octanol–water partition coefficient (Wildman–Crippen LogP) is 2.90. The van der Waals surface area contributed by atoms with Crippen LogP contribution in [0.4, 0.5) is 10.1 Å². The van der Waals surface area contributed by atoms with Gasteiger partial charge in [-0.05, 0) is 36.5 Å². The Hall–Kier alpha value is -1.86. The fraction of sp³-hybridized carbons (Fsp3) is 0.471. The summed E-state index contributed by atoms with van der Waals surface area (Å²) in [5.74, 6) is 4.81. The second-order valence-electron chi connectivity index (χ2n) is 6.12. The molecule has 1 aliphatic carbocycles. The van der Waals surface area contributed by atoms with Gasteiger partial charge in [0.15, 0.2) is 0 Å². The van der Waals surface area contributed by atoms with Gasteiger partial charge in [0.25, 0.3) is 0 Å². The molecule has 0 spiro atoms. The van der Waals surface area contributed by atoms with Gasteiger partial charge in [-0.1, -0.05) is 32.1 Å². The summed E-state index contributed by atoms with van der Waals surface area (Å²) in [7, 11) is 0. The van der Waals surface area contributed by atoms with E-state index in [0.29, 0.717) is 5.56 Å². The minimum atomic E-state index is -0.469. The molecule has 0 radical (unpaired) electrons. The van der Waals surface area contributed by atoms with Crippen LogP contribution in [0.5, 0.6) is 0 Å². The second kappa shape index (κ2) is 6.28.